The molecule has 269 valence electrons. The molecule has 3 fully saturated rings. The maximum absolute atomic E-state index is 13.3. The number of hydrogen-bond acceptors (Lipinski definition) is 9. The van der Waals surface area contributed by atoms with Gasteiger partial charge in [-0.1, -0.05) is 25.1 Å². The van der Waals surface area contributed by atoms with Crippen molar-refractivity contribution < 1.29 is 24.3 Å². The summed E-state index contributed by atoms with van der Waals surface area (Å²) in [6.07, 6.45) is 8.21. The van der Waals surface area contributed by atoms with Gasteiger partial charge < -0.3 is 20.2 Å². The number of nitrogens with zero attached hydrogens (tertiary/aromatic N) is 2. The van der Waals surface area contributed by atoms with Crippen LogP contribution in [0.3, 0.4) is 0 Å². The first-order valence-electron chi connectivity index (χ1n) is 18.5. The predicted octanol–water partition coefficient (Wildman–Crippen LogP) is 5.93. The van der Waals surface area contributed by atoms with Crippen molar-refractivity contribution in [1.82, 2.24) is 26.3 Å². The third-order valence-electron chi connectivity index (χ3n) is 12.4. The van der Waals surface area contributed by atoms with Crippen LogP contribution in [0.25, 0.3) is 0 Å². The van der Waals surface area contributed by atoms with Crippen molar-refractivity contribution in [2.75, 3.05) is 19.7 Å². The summed E-state index contributed by atoms with van der Waals surface area (Å²) >= 11 is 0. The lowest BCUT2D eigenvalue weighted by Crippen LogP contribution is -2.62. The Labute approximate surface area is 296 Å². The van der Waals surface area contributed by atoms with Crippen LogP contribution in [0.5, 0.6) is 11.5 Å². The zero-order valence-electron chi connectivity index (χ0n) is 30.5. The second-order valence-electron chi connectivity index (χ2n) is 16.9. The van der Waals surface area contributed by atoms with E-state index in [4.69, 9.17) is 9.47 Å². The Morgan fingerprint density at radius 2 is 1.68 bits per heavy atom. The van der Waals surface area contributed by atoms with E-state index in [1.807, 2.05) is 38.8 Å². The van der Waals surface area contributed by atoms with Gasteiger partial charge in [-0.15, -0.1) is 15.8 Å². The molecule has 1 saturated heterocycles. The molecule has 10 nitrogen and oxygen atoms in total. The van der Waals surface area contributed by atoms with Crippen LogP contribution in [0, 0.1) is 17.3 Å². The molecule has 7 rings (SSSR count). The van der Waals surface area contributed by atoms with Crippen molar-refractivity contribution in [2.45, 2.75) is 115 Å². The van der Waals surface area contributed by atoms with E-state index in [0.717, 1.165) is 50.0 Å². The van der Waals surface area contributed by atoms with Crippen LogP contribution < -0.4 is 25.8 Å². The normalized spacial score (nSPS) is 30.2. The van der Waals surface area contributed by atoms with Crippen LogP contribution in [0.4, 0.5) is 0 Å². The van der Waals surface area contributed by atoms with E-state index in [-0.39, 0.29) is 23.3 Å². The molecule has 2 aromatic rings. The Bertz CT molecular complexity index is 1620. The first-order valence-corrected chi connectivity index (χ1v) is 18.5. The van der Waals surface area contributed by atoms with Crippen molar-refractivity contribution >= 4 is 11.8 Å². The molecule has 0 bridgehead atoms. The molecule has 50 heavy (non-hydrogen) atoms. The first-order chi connectivity index (χ1) is 23.7. The number of hydrogen-bond donors (Lipinski definition) is 3. The van der Waals surface area contributed by atoms with E-state index in [1.54, 1.807) is 0 Å². The van der Waals surface area contributed by atoms with E-state index in [9.17, 15) is 14.8 Å². The summed E-state index contributed by atoms with van der Waals surface area (Å²) in [5, 5.41) is 19.6. The standard InChI is InChI=1S/C40H54N5O5/c1-25(46)50-31-12-14-32-27(19-31)9-13-33-35-15-16-36(47)40(35,6)22-34(37(32)33)26-7-10-30(11-8-26)49-18-17-44-24-29(42-43-44)23-41-28-20-38(2,3)45(48)39(4,5)21-28/h7-8,10-12,14,19,24,28,33-35,37,41-43H,9,13,15-18,20-23H2,1-6H3/t33?,34-,35?,37?,40+/m1/s1. The Morgan fingerprint density at radius 1 is 0.960 bits per heavy atom. The van der Waals surface area contributed by atoms with E-state index in [0.29, 0.717) is 55.4 Å². The number of fused-ring (bicyclic) bond motifs is 5. The summed E-state index contributed by atoms with van der Waals surface area (Å²) in [5.74, 6) is 2.96. The number of nitrogens with one attached hydrogen (secondary N) is 3. The average Bonchev–Trinajstić information content (AvgIpc) is 3.64. The van der Waals surface area contributed by atoms with Gasteiger partial charge in [0.1, 0.15) is 23.9 Å². The highest BCUT2D eigenvalue weighted by Gasteiger charge is 2.58. The smallest absolute Gasteiger partial charge is 0.308 e. The Hall–Kier alpha value is -3.44. The maximum atomic E-state index is 13.3. The minimum absolute atomic E-state index is 0.220. The zero-order valence-corrected chi connectivity index (χ0v) is 30.5. The molecule has 2 aliphatic heterocycles. The molecular weight excluding hydrogens is 630 g/mol. The van der Waals surface area contributed by atoms with Crippen molar-refractivity contribution in [1.29, 1.82) is 0 Å². The minimum Gasteiger partial charge on any atom is -0.492 e. The zero-order chi connectivity index (χ0) is 35.4. The fourth-order valence-electron chi connectivity index (χ4n) is 10.4. The van der Waals surface area contributed by atoms with Gasteiger partial charge >= 0.3 is 5.97 Å². The quantitative estimate of drug-likeness (QED) is 0.218. The summed E-state index contributed by atoms with van der Waals surface area (Å²) in [7, 11) is 0. The molecule has 3 N–H and O–H groups in total. The number of hydroxylamine groups is 2. The molecule has 3 unspecified atom stereocenters. The summed E-state index contributed by atoms with van der Waals surface area (Å²) < 4.78 is 11.6. The maximum Gasteiger partial charge on any atom is 0.308 e. The van der Waals surface area contributed by atoms with Gasteiger partial charge in [0, 0.05) is 48.6 Å². The molecular formula is C40H54N5O5. The Balaban J connectivity index is 0.979. The third kappa shape index (κ3) is 6.67. The van der Waals surface area contributed by atoms with Gasteiger partial charge in [0.2, 0.25) is 0 Å². The lowest BCUT2D eigenvalue weighted by molar-refractivity contribution is -0.290. The number of ether oxygens (including phenoxy) is 2. The van der Waals surface area contributed by atoms with Gasteiger partial charge in [-0.2, -0.15) is 0 Å². The van der Waals surface area contributed by atoms with Crippen LogP contribution in [0.2, 0.25) is 0 Å². The summed E-state index contributed by atoms with van der Waals surface area (Å²) in [6, 6.07) is 15.0. The number of carbonyl (C=O) groups is 2. The van der Waals surface area contributed by atoms with Gasteiger partial charge in [0.05, 0.1) is 12.2 Å². The molecule has 0 spiro atoms. The predicted molar refractivity (Wildman–Crippen MR) is 190 cm³/mol. The Morgan fingerprint density at radius 3 is 2.40 bits per heavy atom. The number of ketones is 1. The van der Waals surface area contributed by atoms with Crippen LogP contribution in [0.1, 0.15) is 109 Å². The number of benzene rings is 2. The molecule has 5 aliphatic rings. The van der Waals surface area contributed by atoms with Crippen LogP contribution in [-0.2, 0) is 21.2 Å². The fraction of sp³-hybridized carbons (Fsp3) is 0.600. The molecule has 0 amide bonds. The second-order valence-corrected chi connectivity index (χ2v) is 16.9. The summed E-state index contributed by atoms with van der Waals surface area (Å²) in [6.45, 7) is 13.6. The summed E-state index contributed by atoms with van der Waals surface area (Å²) in [4.78, 5) is 25.0. The van der Waals surface area contributed by atoms with Crippen LogP contribution >= 0.6 is 0 Å². The van der Waals surface area contributed by atoms with E-state index < -0.39 is 11.1 Å². The highest BCUT2D eigenvalue weighted by Crippen LogP contribution is 2.64. The Kier molecular flexibility index (Phi) is 9.29. The molecule has 2 saturated carbocycles. The fourth-order valence-corrected chi connectivity index (χ4v) is 10.4. The topological polar surface area (TPSA) is 115 Å². The SMILES string of the molecule is CC(=O)Oc1ccc2c(c1)CCC1C2[C@@H](c2ccc(OCCN3C=C(CNC4CC(C)(C)N([O])C(C)(C)C4)NN3)cc2)C[C@]2(C)C(=O)CCC12. The van der Waals surface area contributed by atoms with E-state index in [2.05, 4.69) is 65.8 Å². The monoisotopic (exact) mass is 684 g/mol. The largest absolute Gasteiger partial charge is 0.492 e. The summed E-state index contributed by atoms with van der Waals surface area (Å²) in [5.41, 5.74) is 10.3. The van der Waals surface area contributed by atoms with Crippen molar-refractivity contribution in [3.8, 4) is 11.5 Å². The number of piperidine rings is 1. The molecule has 2 heterocycles. The number of aryl methyl sites for hydroxylation is 1. The first kappa shape index (κ1) is 35.0. The van der Waals surface area contributed by atoms with Gasteiger partial charge in [-0.25, -0.2) is 0 Å². The highest BCUT2D eigenvalue weighted by molar-refractivity contribution is 5.87. The number of carbonyl (C=O) groups excluding carboxylic acids is 2. The molecule has 3 aliphatic carbocycles. The van der Waals surface area contributed by atoms with Crippen LogP contribution in [-0.4, -0.2) is 58.6 Å². The highest BCUT2D eigenvalue weighted by atomic mass is 16.5. The molecule has 0 aromatic heterocycles. The second kappa shape index (κ2) is 13.3. The van der Waals surface area contributed by atoms with Crippen molar-refractivity contribution in [3.05, 3.63) is 71.1 Å². The van der Waals surface area contributed by atoms with Gasteiger partial charge in [-0.05, 0) is 131 Å². The van der Waals surface area contributed by atoms with E-state index in [1.165, 1.54) is 28.7 Å². The minimum atomic E-state index is -0.398. The van der Waals surface area contributed by atoms with Gasteiger partial charge in [0.25, 0.3) is 0 Å². The third-order valence-corrected chi connectivity index (χ3v) is 12.4. The lowest BCUT2D eigenvalue weighted by Gasteiger charge is -2.52. The lowest BCUT2D eigenvalue weighted by atomic mass is 9.51. The molecule has 5 atom stereocenters. The van der Waals surface area contributed by atoms with Gasteiger partial charge in [0.15, 0.2) is 0 Å². The molecule has 1 radical (unpaired) electrons. The number of rotatable bonds is 9. The molecule has 2 aromatic carbocycles. The van der Waals surface area contributed by atoms with Gasteiger partial charge in [-0.3, -0.25) is 14.6 Å². The number of Topliss-reactive ketones (excluding diaryl/α,β-unsaturated/α-hetero) is 1. The van der Waals surface area contributed by atoms with Crippen molar-refractivity contribution in [3.63, 3.8) is 0 Å². The van der Waals surface area contributed by atoms with E-state index >= 15 is 0 Å². The average molecular weight is 685 g/mol. The van der Waals surface area contributed by atoms with Crippen molar-refractivity contribution in [2.24, 2.45) is 17.3 Å². The number of esters is 1. The molecule has 10 heteroatoms. The number of hydrazine groups is 2. The van der Waals surface area contributed by atoms with Crippen LogP contribution in [0.15, 0.2) is 54.4 Å².